The van der Waals surface area contributed by atoms with Gasteiger partial charge in [0.25, 0.3) is 0 Å². The predicted octanol–water partition coefficient (Wildman–Crippen LogP) is 7.68. The zero-order chi connectivity index (χ0) is 30.8. The second kappa shape index (κ2) is 25.7. The lowest BCUT2D eigenvalue weighted by atomic mass is 10.0. The van der Waals surface area contributed by atoms with Crippen molar-refractivity contribution in [3.05, 3.63) is 12.2 Å². The summed E-state index contributed by atoms with van der Waals surface area (Å²) in [6, 6.07) is -0.755. The van der Waals surface area contributed by atoms with E-state index in [1.807, 2.05) is 21.1 Å². The van der Waals surface area contributed by atoms with Crippen molar-refractivity contribution in [1.82, 2.24) is 5.32 Å². The number of hydrogen-bond acceptors (Lipinski definition) is 5. The van der Waals surface area contributed by atoms with Gasteiger partial charge in [0.05, 0.1) is 39.9 Å². The minimum Gasteiger partial charge on any atom is -0.391 e. The summed E-state index contributed by atoms with van der Waals surface area (Å²) in [7, 11) is 1.60. The number of hydrogen-bond donors (Lipinski definition) is 3. The van der Waals surface area contributed by atoms with Crippen LogP contribution in [0.5, 0.6) is 0 Å². The van der Waals surface area contributed by atoms with Gasteiger partial charge >= 0.3 is 7.82 Å². The molecule has 0 aromatic heterocycles. The fourth-order valence-corrected chi connectivity index (χ4v) is 5.24. The van der Waals surface area contributed by atoms with E-state index in [0.29, 0.717) is 23.9 Å². The van der Waals surface area contributed by atoms with Crippen LogP contribution in [0.15, 0.2) is 12.2 Å². The molecule has 1 amide bonds. The molecule has 0 aromatic rings. The van der Waals surface area contributed by atoms with E-state index in [-0.39, 0.29) is 19.1 Å². The van der Waals surface area contributed by atoms with Crippen molar-refractivity contribution in [1.29, 1.82) is 0 Å². The Morgan fingerprint density at radius 3 is 1.88 bits per heavy atom. The summed E-state index contributed by atoms with van der Waals surface area (Å²) in [5.41, 5.74) is 0. The van der Waals surface area contributed by atoms with Crippen molar-refractivity contribution in [3.63, 3.8) is 0 Å². The molecule has 41 heavy (non-hydrogen) atoms. The summed E-state index contributed by atoms with van der Waals surface area (Å²) in [6.07, 6.45) is 24.2. The highest BCUT2D eigenvalue weighted by Gasteiger charge is 2.28. The normalized spacial score (nSPS) is 15.2. The molecule has 0 spiro atoms. The third-order valence-corrected chi connectivity index (χ3v) is 8.25. The summed E-state index contributed by atoms with van der Waals surface area (Å²) in [4.78, 5) is 22.7. The summed E-state index contributed by atoms with van der Waals surface area (Å²) < 4.78 is 23.2. The molecule has 0 aliphatic rings. The van der Waals surface area contributed by atoms with E-state index in [9.17, 15) is 19.4 Å². The van der Waals surface area contributed by atoms with E-state index >= 15 is 0 Å². The number of aliphatic hydroxyl groups excluding tert-OH is 1. The van der Waals surface area contributed by atoms with Crippen LogP contribution in [0.2, 0.25) is 0 Å². The minimum absolute atomic E-state index is 0.0728. The maximum Gasteiger partial charge on any atom is 0.472 e. The average Bonchev–Trinajstić information content (AvgIpc) is 2.90. The lowest BCUT2D eigenvalue weighted by molar-refractivity contribution is -0.870. The Hall–Kier alpha value is -0.760. The zero-order valence-electron chi connectivity index (χ0n) is 27.3. The fourth-order valence-electron chi connectivity index (χ4n) is 4.51. The van der Waals surface area contributed by atoms with Crippen molar-refractivity contribution in [2.24, 2.45) is 0 Å². The molecule has 0 bridgehead atoms. The van der Waals surface area contributed by atoms with Gasteiger partial charge in [-0.1, -0.05) is 103 Å². The van der Waals surface area contributed by atoms with Crippen LogP contribution >= 0.6 is 7.82 Å². The van der Waals surface area contributed by atoms with Gasteiger partial charge < -0.3 is 19.8 Å². The zero-order valence-corrected chi connectivity index (χ0v) is 28.2. The second-order valence-corrected chi connectivity index (χ2v) is 14.0. The number of rotatable bonds is 29. The van der Waals surface area contributed by atoms with Gasteiger partial charge in [-0.2, -0.15) is 0 Å². The van der Waals surface area contributed by atoms with Gasteiger partial charge in [-0.3, -0.25) is 13.8 Å². The number of likely N-dealkylation sites (N-methyl/N-ethyl adjacent to an activating group) is 1. The number of carbonyl (C=O) groups excluding carboxylic acids is 1. The van der Waals surface area contributed by atoms with E-state index in [1.165, 1.54) is 51.4 Å². The van der Waals surface area contributed by atoms with Crippen molar-refractivity contribution in [3.8, 4) is 0 Å². The summed E-state index contributed by atoms with van der Waals surface area (Å²) in [6.45, 7) is 4.72. The highest BCUT2D eigenvalue weighted by Crippen LogP contribution is 2.43. The first kappa shape index (κ1) is 40.2. The number of carbonyl (C=O) groups is 1. The number of nitrogens with zero attached hydrogens (tertiary/aromatic N) is 1. The van der Waals surface area contributed by atoms with Crippen LogP contribution in [0, 0.1) is 0 Å². The van der Waals surface area contributed by atoms with Crippen molar-refractivity contribution < 1.29 is 32.9 Å². The number of aliphatic hydroxyl groups is 1. The SMILES string of the molecule is CCCCCCCC/C=C\CCCCCCCC(=O)NC(COP(=O)(O)OCC[N+](C)(C)C)C(O)CCCCCC. The number of nitrogens with one attached hydrogen (secondary N) is 1. The number of allylic oxidation sites excluding steroid dienone is 2. The van der Waals surface area contributed by atoms with Gasteiger partial charge in [-0.15, -0.1) is 0 Å². The molecule has 0 aliphatic heterocycles. The minimum atomic E-state index is -4.28. The third kappa shape index (κ3) is 27.8. The Morgan fingerprint density at radius 2 is 1.32 bits per heavy atom. The van der Waals surface area contributed by atoms with Crippen LogP contribution in [0.1, 0.15) is 136 Å². The number of unbranched alkanes of at least 4 members (excludes halogenated alkanes) is 14. The van der Waals surface area contributed by atoms with Crippen LogP contribution in [-0.2, 0) is 18.4 Å². The van der Waals surface area contributed by atoms with Crippen molar-refractivity contribution >= 4 is 13.7 Å². The molecule has 0 fully saturated rings. The fraction of sp³-hybridized carbons (Fsp3) is 0.906. The topological polar surface area (TPSA) is 105 Å². The Labute approximate surface area is 252 Å². The van der Waals surface area contributed by atoms with Crippen LogP contribution in [0.4, 0.5) is 0 Å². The first-order valence-electron chi connectivity index (χ1n) is 16.6. The molecule has 9 heteroatoms. The van der Waals surface area contributed by atoms with E-state index in [0.717, 1.165) is 57.8 Å². The maximum atomic E-state index is 12.6. The largest absolute Gasteiger partial charge is 0.472 e. The van der Waals surface area contributed by atoms with E-state index < -0.39 is 20.0 Å². The Balaban J connectivity index is 4.31. The molecule has 3 unspecified atom stereocenters. The number of amides is 1. The van der Waals surface area contributed by atoms with E-state index in [2.05, 4.69) is 31.3 Å². The lowest BCUT2D eigenvalue weighted by Gasteiger charge is -2.26. The smallest absolute Gasteiger partial charge is 0.391 e. The highest BCUT2D eigenvalue weighted by atomic mass is 31.2. The molecule has 0 saturated carbocycles. The van der Waals surface area contributed by atoms with Gasteiger partial charge in [0.15, 0.2) is 0 Å². The molecular formula is C32H66N2O6P+. The molecule has 0 rings (SSSR count). The molecule has 3 atom stereocenters. The molecular weight excluding hydrogens is 539 g/mol. The van der Waals surface area contributed by atoms with Crippen molar-refractivity contribution in [2.45, 2.75) is 148 Å². The molecule has 0 heterocycles. The third-order valence-electron chi connectivity index (χ3n) is 7.26. The molecule has 0 saturated heterocycles. The Bertz CT molecular complexity index is 698. The first-order valence-corrected chi connectivity index (χ1v) is 18.0. The highest BCUT2D eigenvalue weighted by molar-refractivity contribution is 7.47. The monoisotopic (exact) mass is 605 g/mol. The molecule has 244 valence electrons. The predicted molar refractivity (Wildman–Crippen MR) is 171 cm³/mol. The molecule has 3 N–H and O–H groups in total. The molecule has 0 aromatic carbocycles. The summed E-state index contributed by atoms with van der Waals surface area (Å²) in [5, 5.41) is 13.6. The summed E-state index contributed by atoms with van der Waals surface area (Å²) in [5.74, 6) is -0.164. The number of quaternary nitrogens is 1. The van der Waals surface area contributed by atoms with Crippen LogP contribution in [0.25, 0.3) is 0 Å². The van der Waals surface area contributed by atoms with E-state index in [1.54, 1.807) is 0 Å². The average molecular weight is 606 g/mol. The van der Waals surface area contributed by atoms with Gasteiger partial charge in [-0.05, 0) is 38.5 Å². The maximum absolute atomic E-state index is 12.6. The van der Waals surface area contributed by atoms with Gasteiger partial charge in [-0.25, -0.2) is 4.57 Å². The standard InChI is InChI=1S/C32H65N2O6P/c1-6-8-10-12-13-14-15-16-17-18-19-20-21-22-24-26-32(36)33-30(31(35)25-23-11-9-7-2)29-40-41(37,38)39-28-27-34(3,4)5/h16-17,30-31,35H,6-15,18-29H2,1-5H3,(H-,33,36,37,38)/p+1/b17-16-. The Morgan fingerprint density at radius 1 is 0.805 bits per heavy atom. The summed E-state index contributed by atoms with van der Waals surface area (Å²) >= 11 is 0. The van der Waals surface area contributed by atoms with Crippen LogP contribution in [-0.4, -0.2) is 73.4 Å². The molecule has 8 nitrogen and oxygen atoms in total. The second-order valence-electron chi connectivity index (χ2n) is 12.5. The van der Waals surface area contributed by atoms with E-state index in [4.69, 9.17) is 9.05 Å². The number of phosphoric ester groups is 1. The van der Waals surface area contributed by atoms with Crippen LogP contribution in [0.3, 0.4) is 0 Å². The number of phosphoric acid groups is 1. The molecule has 0 aliphatic carbocycles. The van der Waals surface area contributed by atoms with Gasteiger partial charge in [0, 0.05) is 6.42 Å². The van der Waals surface area contributed by atoms with Crippen LogP contribution < -0.4 is 5.32 Å². The quantitative estimate of drug-likeness (QED) is 0.0350. The lowest BCUT2D eigenvalue weighted by Crippen LogP contribution is -2.46. The first-order chi connectivity index (χ1) is 19.5. The Kier molecular flexibility index (Phi) is 25.2. The van der Waals surface area contributed by atoms with Crippen molar-refractivity contribution in [2.75, 3.05) is 40.9 Å². The van der Waals surface area contributed by atoms with Gasteiger partial charge in [0.1, 0.15) is 13.2 Å². The van der Waals surface area contributed by atoms with Gasteiger partial charge in [0.2, 0.25) is 5.91 Å². The molecule has 0 radical (unpaired) electrons.